The van der Waals surface area contributed by atoms with Crippen LogP contribution in [0.15, 0.2) is 24.3 Å². The van der Waals surface area contributed by atoms with Gasteiger partial charge in [0.25, 0.3) is 0 Å². The second-order valence-corrected chi connectivity index (χ2v) is 4.05. The van der Waals surface area contributed by atoms with Crippen molar-refractivity contribution in [2.45, 2.75) is 18.9 Å². The molecule has 4 nitrogen and oxygen atoms in total. The lowest BCUT2D eigenvalue weighted by atomic mass is 10.1. The predicted molar refractivity (Wildman–Crippen MR) is 71.5 cm³/mol. The average molecular weight is 272 g/mol. The Morgan fingerprint density at radius 1 is 1.28 bits per heavy atom. The maximum atomic E-state index is 11.6. The Morgan fingerprint density at radius 2 is 1.94 bits per heavy atom. The third kappa shape index (κ3) is 3.62. The molecule has 0 aromatic heterocycles. The summed E-state index contributed by atoms with van der Waals surface area (Å²) in [5.41, 5.74) is 0.494. The molecule has 0 atom stereocenters. The number of hydrogen-bond donors (Lipinski definition) is 1. The van der Waals surface area contributed by atoms with Gasteiger partial charge in [0.1, 0.15) is 17.4 Å². The molecule has 1 saturated heterocycles. The van der Waals surface area contributed by atoms with Gasteiger partial charge in [-0.05, 0) is 38.1 Å². The van der Waals surface area contributed by atoms with E-state index in [2.05, 4.69) is 5.32 Å². The molecule has 1 aliphatic rings. The number of hydrogen-bond acceptors (Lipinski definition) is 4. The maximum absolute atomic E-state index is 11.6. The highest BCUT2D eigenvalue weighted by Crippen LogP contribution is 2.22. The number of rotatable bonds is 3. The molecule has 1 aromatic rings. The molecule has 5 heteroatoms. The maximum Gasteiger partial charge on any atom is 0.341 e. The predicted octanol–water partition coefficient (Wildman–Crippen LogP) is 2.03. The molecule has 1 N–H and O–H groups in total. The third-order valence-electron chi connectivity index (χ3n) is 2.87. The van der Waals surface area contributed by atoms with E-state index in [1.165, 1.54) is 7.11 Å². The molecule has 100 valence electrons. The van der Waals surface area contributed by atoms with Crippen LogP contribution in [0.25, 0.3) is 0 Å². The number of piperidine rings is 1. The van der Waals surface area contributed by atoms with Crippen LogP contribution in [-0.4, -0.2) is 32.3 Å². The largest absolute Gasteiger partial charge is 0.489 e. The zero-order chi connectivity index (χ0) is 12.1. The highest BCUT2D eigenvalue weighted by atomic mass is 35.5. The van der Waals surface area contributed by atoms with Crippen LogP contribution in [0.5, 0.6) is 5.75 Å². The number of benzene rings is 1. The Labute approximate surface area is 113 Å². The second-order valence-electron chi connectivity index (χ2n) is 4.05. The number of ether oxygens (including phenoxy) is 2. The van der Waals surface area contributed by atoms with Crippen LogP contribution in [-0.2, 0) is 4.74 Å². The van der Waals surface area contributed by atoms with E-state index in [9.17, 15) is 4.79 Å². The minimum atomic E-state index is -0.352. The van der Waals surface area contributed by atoms with Gasteiger partial charge in [-0.25, -0.2) is 4.79 Å². The van der Waals surface area contributed by atoms with Crippen LogP contribution in [0.4, 0.5) is 0 Å². The fraction of sp³-hybridized carbons (Fsp3) is 0.462. The van der Waals surface area contributed by atoms with E-state index in [1.807, 2.05) is 18.2 Å². The highest BCUT2D eigenvalue weighted by Gasteiger charge is 2.18. The fourth-order valence-corrected chi connectivity index (χ4v) is 1.94. The lowest BCUT2D eigenvalue weighted by molar-refractivity contribution is 0.0591. The SMILES string of the molecule is COC(=O)c1ccccc1OC1CCNCC1.Cl. The van der Waals surface area contributed by atoms with Gasteiger partial charge in [0.2, 0.25) is 0 Å². The van der Waals surface area contributed by atoms with E-state index in [1.54, 1.807) is 6.07 Å². The van der Waals surface area contributed by atoms with Gasteiger partial charge < -0.3 is 14.8 Å². The summed E-state index contributed by atoms with van der Waals surface area (Å²) in [6.45, 7) is 1.93. The van der Waals surface area contributed by atoms with Crippen LogP contribution in [0, 0.1) is 0 Å². The van der Waals surface area contributed by atoms with Gasteiger partial charge in [-0.1, -0.05) is 12.1 Å². The monoisotopic (exact) mass is 271 g/mol. The second kappa shape index (κ2) is 7.24. The molecule has 1 heterocycles. The first-order valence-corrected chi connectivity index (χ1v) is 5.86. The normalized spacial score (nSPS) is 15.6. The summed E-state index contributed by atoms with van der Waals surface area (Å²) in [6.07, 6.45) is 2.12. The Hall–Kier alpha value is -1.26. The van der Waals surface area contributed by atoms with E-state index in [0.29, 0.717) is 11.3 Å². The van der Waals surface area contributed by atoms with Crippen molar-refractivity contribution in [1.82, 2.24) is 5.32 Å². The van der Waals surface area contributed by atoms with Gasteiger partial charge in [0, 0.05) is 0 Å². The van der Waals surface area contributed by atoms with Crippen molar-refractivity contribution in [2.75, 3.05) is 20.2 Å². The summed E-state index contributed by atoms with van der Waals surface area (Å²) in [7, 11) is 1.38. The van der Waals surface area contributed by atoms with Gasteiger partial charge in [-0.2, -0.15) is 0 Å². The molecule has 18 heavy (non-hydrogen) atoms. The summed E-state index contributed by atoms with van der Waals surface area (Å²) in [6, 6.07) is 7.21. The number of para-hydroxylation sites is 1. The number of nitrogens with one attached hydrogen (secondary N) is 1. The lowest BCUT2D eigenvalue weighted by Gasteiger charge is -2.24. The highest BCUT2D eigenvalue weighted by molar-refractivity contribution is 5.92. The Kier molecular flexibility index (Phi) is 5.95. The zero-order valence-electron chi connectivity index (χ0n) is 10.3. The van der Waals surface area contributed by atoms with Gasteiger partial charge in [0.15, 0.2) is 0 Å². The van der Waals surface area contributed by atoms with E-state index in [-0.39, 0.29) is 24.5 Å². The van der Waals surface area contributed by atoms with E-state index >= 15 is 0 Å². The van der Waals surface area contributed by atoms with E-state index in [4.69, 9.17) is 9.47 Å². The summed E-state index contributed by atoms with van der Waals surface area (Å²) in [5.74, 6) is 0.265. The fourth-order valence-electron chi connectivity index (χ4n) is 1.94. The van der Waals surface area contributed by atoms with Crippen LogP contribution in [0.3, 0.4) is 0 Å². The number of carbonyl (C=O) groups is 1. The number of methoxy groups -OCH3 is 1. The first-order valence-electron chi connectivity index (χ1n) is 5.86. The minimum absolute atomic E-state index is 0. The van der Waals surface area contributed by atoms with Crippen molar-refractivity contribution in [3.05, 3.63) is 29.8 Å². The van der Waals surface area contributed by atoms with Crippen molar-refractivity contribution in [1.29, 1.82) is 0 Å². The molecule has 0 saturated carbocycles. The Bertz CT molecular complexity index is 392. The Balaban J connectivity index is 0.00000162. The van der Waals surface area contributed by atoms with Crippen molar-refractivity contribution in [3.8, 4) is 5.75 Å². The van der Waals surface area contributed by atoms with Crippen molar-refractivity contribution in [3.63, 3.8) is 0 Å². The van der Waals surface area contributed by atoms with Crippen LogP contribution >= 0.6 is 12.4 Å². The molecular formula is C13H18ClNO3. The molecule has 1 fully saturated rings. The van der Waals surface area contributed by atoms with Gasteiger partial charge in [-0.3, -0.25) is 0 Å². The van der Waals surface area contributed by atoms with Crippen molar-refractivity contribution < 1.29 is 14.3 Å². The quantitative estimate of drug-likeness (QED) is 0.855. The summed E-state index contributed by atoms with van der Waals surface area (Å²) in [5, 5.41) is 3.28. The molecule has 0 amide bonds. The molecular weight excluding hydrogens is 254 g/mol. The van der Waals surface area contributed by atoms with E-state index in [0.717, 1.165) is 25.9 Å². The summed E-state index contributed by atoms with van der Waals surface area (Å²) >= 11 is 0. The molecule has 0 unspecified atom stereocenters. The van der Waals surface area contributed by atoms with Gasteiger partial charge in [-0.15, -0.1) is 12.4 Å². The van der Waals surface area contributed by atoms with Crippen molar-refractivity contribution >= 4 is 18.4 Å². The zero-order valence-corrected chi connectivity index (χ0v) is 11.2. The minimum Gasteiger partial charge on any atom is -0.489 e. The Morgan fingerprint density at radius 3 is 2.61 bits per heavy atom. The molecule has 1 aliphatic heterocycles. The van der Waals surface area contributed by atoms with Crippen molar-refractivity contribution in [2.24, 2.45) is 0 Å². The van der Waals surface area contributed by atoms with Crippen LogP contribution < -0.4 is 10.1 Å². The first-order chi connectivity index (χ1) is 8.31. The van der Waals surface area contributed by atoms with Gasteiger partial charge in [0.05, 0.1) is 7.11 Å². The first kappa shape index (κ1) is 14.8. The summed E-state index contributed by atoms with van der Waals surface area (Å²) in [4.78, 5) is 11.6. The smallest absolute Gasteiger partial charge is 0.341 e. The number of halogens is 1. The third-order valence-corrected chi connectivity index (χ3v) is 2.87. The average Bonchev–Trinajstić information content (AvgIpc) is 2.40. The molecule has 1 aromatic carbocycles. The van der Waals surface area contributed by atoms with Crippen LogP contribution in [0.1, 0.15) is 23.2 Å². The molecule has 2 rings (SSSR count). The molecule has 0 radical (unpaired) electrons. The molecule has 0 aliphatic carbocycles. The molecule has 0 spiro atoms. The topological polar surface area (TPSA) is 47.6 Å². The number of esters is 1. The summed E-state index contributed by atoms with van der Waals surface area (Å²) < 4.78 is 10.6. The lowest BCUT2D eigenvalue weighted by Crippen LogP contribution is -2.34. The van der Waals surface area contributed by atoms with Crippen LogP contribution in [0.2, 0.25) is 0 Å². The van der Waals surface area contributed by atoms with Gasteiger partial charge >= 0.3 is 5.97 Å². The molecule has 0 bridgehead atoms. The van der Waals surface area contributed by atoms with E-state index < -0.39 is 0 Å². The number of carbonyl (C=O) groups excluding carboxylic acids is 1. The standard InChI is InChI=1S/C13H17NO3.ClH/c1-16-13(15)11-4-2-3-5-12(11)17-10-6-8-14-9-7-10;/h2-5,10,14H,6-9H2,1H3;1H.